The lowest BCUT2D eigenvalue weighted by Gasteiger charge is -2.35. The van der Waals surface area contributed by atoms with Gasteiger partial charge in [0, 0.05) is 37.4 Å². The summed E-state index contributed by atoms with van der Waals surface area (Å²) in [6.07, 6.45) is -2.97. The number of fused-ring (bicyclic) bond motifs is 1. The summed E-state index contributed by atoms with van der Waals surface area (Å²) >= 11 is 0. The fourth-order valence-electron chi connectivity index (χ4n) is 5.39. The highest BCUT2D eigenvalue weighted by Crippen LogP contribution is 2.61. The molecule has 3 N–H and O–H groups in total. The zero-order valence-corrected chi connectivity index (χ0v) is 21.4. The number of rotatable bonds is 9. The average Bonchev–Trinajstić information content (AvgIpc) is 3.59. The van der Waals surface area contributed by atoms with Gasteiger partial charge in [0.1, 0.15) is 0 Å². The number of alkyl halides is 4. The van der Waals surface area contributed by atoms with Gasteiger partial charge < -0.3 is 15.3 Å². The highest BCUT2D eigenvalue weighted by Gasteiger charge is 2.62. The summed E-state index contributed by atoms with van der Waals surface area (Å²) in [6, 6.07) is 5.70. The number of piperidine rings is 1. The molecule has 15 heteroatoms. The van der Waals surface area contributed by atoms with Crippen molar-refractivity contribution in [2.75, 3.05) is 40.4 Å². The fourth-order valence-corrected chi connectivity index (χ4v) is 6.22. The number of halogens is 4. The number of hydrogen-bond acceptors (Lipinski definition) is 7. The molecular formula is C24H27F4N5O5S. The fraction of sp³-hybridized carbons (Fsp3) is 0.542. The summed E-state index contributed by atoms with van der Waals surface area (Å²) in [6.45, 7) is -0.136. The number of amides is 1. The predicted molar refractivity (Wildman–Crippen MR) is 134 cm³/mol. The summed E-state index contributed by atoms with van der Waals surface area (Å²) < 4.78 is 81.4. The molecule has 0 spiro atoms. The highest BCUT2D eigenvalue weighted by atomic mass is 32.2. The topological polar surface area (TPSA) is 134 Å². The second kappa shape index (κ2) is 9.77. The van der Waals surface area contributed by atoms with Crippen LogP contribution in [-0.4, -0.2) is 67.0 Å². The van der Waals surface area contributed by atoms with E-state index in [1.807, 2.05) is 0 Å². The van der Waals surface area contributed by atoms with Crippen molar-refractivity contribution >= 4 is 33.1 Å². The highest BCUT2D eigenvalue weighted by molar-refractivity contribution is 7.92. The zero-order valence-electron chi connectivity index (χ0n) is 20.6. The maximum absolute atomic E-state index is 13.6. The van der Waals surface area contributed by atoms with Crippen molar-refractivity contribution in [3.05, 3.63) is 46.2 Å². The van der Waals surface area contributed by atoms with E-state index in [-0.39, 0.29) is 42.5 Å². The van der Waals surface area contributed by atoms with Crippen LogP contribution in [0, 0.1) is 11.3 Å². The first-order valence-corrected chi connectivity index (χ1v) is 14.1. The van der Waals surface area contributed by atoms with E-state index >= 15 is 0 Å². The minimum atomic E-state index is -3.87. The number of hydrogen-bond donors (Lipinski definition) is 3. The average molecular weight is 574 g/mol. The summed E-state index contributed by atoms with van der Waals surface area (Å²) in [5, 5.41) is 15.6. The largest absolute Gasteiger partial charge is 0.395 e. The SMILES string of the molecule is O=C(Nc1ccc(=O)n(C2CC(F)(F)C2)n1)c1ccc(NS(=O)(=O)CCO)cc1N1CC[C@]2(C(F)F)C[C@@H]2C1. The third-order valence-electron chi connectivity index (χ3n) is 7.70. The molecule has 0 radical (unpaired) electrons. The van der Waals surface area contributed by atoms with Crippen LogP contribution in [0.4, 0.5) is 34.8 Å². The van der Waals surface area contributed by atoms with E-state index < -0.39 is 70.5 Å². The van der Waals surface area contributed by atoms with Crippen LogP contribution >= 0.6 is 0 Å². The third kappa shape index (κ3) is 5.46. The Balaban J connectivity index is 1.41. The van der Waals surface area contributed by atoms with E-state index in [2.05, 4.69) is 15.1 Å². The van der Waals surface area contributed by atoms with Crippen LogP contribution in [0.5, 0.6) is 0 Å². The van der Waals surface area contributed by atoms with Crippen LogP contribution in [0.2, 0.25) is 0 Å². The number of benzene rings is 1. The summed E-state index contributed by atoms with van der Waals surface area (Å²) in [4.78, 5) is 27.2. The van der Waals surface area contributed by atoms with Gasteiger partial charge in [-0.1, -0.05) is 0 Å². The number of carbonyl (C=O) groups is 1. The first kappa shape index (κ1) is 27.4. The molecule has 1 aliphatic heterocycles. The number of aliphatic hydroxyl groups excluding tert-OH is 1. The molecule has 3 aliphatic rings. The Morgan fingerprint density at radius 1 is 1.18 bits per heavy atom. The quantitative estimate of drug-likeness (QED) is 0.393. The van der Waals surface area contributed by atoms with Crippen LogP contribution in [0.25, 0.3) is 0 Å². The molecule has 1 amide bonds. The first-order chi connectivity index (χ1) is 18.3. The van der Waals surface area contributed by atoms with Crippen LogP contribution < -0.4 is 20.5 Å². The molecule has 2 saturated carbocycles. The van der Waals surface area contributed by atoms with Gasteiger partial charge in [0.2, 0.25) is 16.4 Å². The van der Waals surface area contributed by atoms with E-state index in [0.29, 0.717) is 12.1 Å². The van der Waals surface area contributed by atoms with Gasteiger partial charge in [-0.15, -0.1) is 0 Å². The summed E-state index contributed by atoms with van der Waals surface area (Å²) in [7, 11) is -3.87. The maximum Gasteiger partial charge on any atom is 0.267 e. The number of nitrogens with zero attached hydrogens (tertiary/aromatic N) is 3. The van der Waals surface area contributed by atoms with Crippen LogP contribution in [0.3, 0.4) is 0 Å². The van der Waals surface area contributed by atoms with Crippen molar-refractivity contribution in [1.82, 2.24) is 9.78 Å². The lowest BCUT2D eigenvalue weighted by atomic mass is 9.88. The van der Waals surface area contributed by atoms with E-state index in [1.54, 1.807) is 4.90 Å². The molecule has 0 bridgehead atoms. The number of anilines is 3. The molecule has 39 heavy (non-hydrogen) atoms. The van der Waals surface area contributed by atoms with Gasteiger partial charge >= 0.3 is 0 Å². The summed E-state index contributed by atoms with van der Waals surface area (Å²) in [5.41, 5.74) is -1.10. The molecule has 2 aromatic rings. The molecule has 212 valence electrons. The van der Waals surface area contributed by atoms with Crippen molar-refractivity contribution < 1.29 is 35.9 Å². The predicted octanol–water partition coefficient (Wildman–Crippen LogP) is 2.68. The van der Waals surface area contributed by atoms with E-state index in [4.69, 9.17) is 5.11 Å². The lowest BCUT2D eigenvalue weighted by Crippen LogP contribution is -2.42. The molecule has 1 aromatic heterocycles. The Bertz CT molecular complexity index is 1440. The Morgan fingerprint density at radius 3 is 2.56 bits per heavy atom. The van der Waals surface area contributed by atoms with Gasteiger partial charge in [0.15, 0.2) is 5.82 Å². The van der Waals surface area contributed by atoms with E-state index in [1.165, 1.54) is 24.3 Å². The normalized spacial score (nSPS) is 24.2. The molecule has 0 unspecified atom stereocenters. The Kier molecular flexibility index (Phi) is 6.85. The number of nitrogens with one attached hydrogen (secondary N) is 2. The minimum absolute atomic E-state index is 0.0500. The Hall–Kier alpha value is -3.20. The van der Waals surface area contributed by atoms with Crippen molar-refractivity contribution in [2.24, 2.45) is 11.3 Å². The molecule has 2 heterocycles. The molecule has 5 rings (SSSR count). The molecule has 1 aromatic carbocycles. The zero-order chi connectivity index (χ0) is 28.2. The van der Waals surface area contributed by atoms with E-state index in [0.717, 1.165) is 10.7 Å². The smallest absolute Gasteiger partial charge is 0.267 e. The van der Waals surface area contributed by atoms with Gasteiger partial charge in [-0.3, -0.25) is 14.3 Å². The van der Waals surface area contributed by atoms with Crippen molar-refractivity contribution in [3.8, 4) is 0 Å². The Labute approximate surface area is 221 Å². The Morgan fingerprint density at radius 2 is 1.92 bits per heavy atom. The molecule has 10 nitrogen and oxygen atoms in total. The number of aromatic nitrogens is 2. The maximum atomic E-state index is 13.6. The molecular weight excluding hydrogens is 546 g/mol. The molecule has 3 fully saturated rings. The molecule has 2 aliphatic carbocycles. The third-order valence-corrected chi connectivity index (χ3v) is 8.97. The molecule has 1 saturated heterocycles. The van der Waals surface area contributed by atoms with Crippen LogP contribution in [0.1, 0.15) is 42.1 Å². The first-order valence-electron chi connectivity index (χ1n) is 12.4. The van der Waals surface area contributed by atoms with Crippen molar-refractivity contribution in [1.29, 1.82) is 0 Å². The second-order valence-corrected chi connectivity index (χ2v) is 12.2. The van der Waals surface area contributed by atoms with Gasteiger partial charge in [0.05, 0.1) is 35.3 Å². The summed E-state index contributed by atoms with van der Waals surface area (Å²) in [5.74, 6) is -4.42. The number of carbonyl (C=O) groups excluding carboxylic acids is 1. The van der Waals surface area contributed by atoms with Crippen LogP contribution in [0.15, 0.2) is 35.1 Å². The van der Waals surface area contributed by atoms with Crippen LogP contribution in [-0.2, 0) is 10.0 Å². The minimum Gasteiger partial charge on any atom is -0.395 e. The second-order valence-electron chi connectivity index (χ2n) is 10.4. The van der Waals surface area contributed by atoms with Crippen molar-refractivity contribution in [3.63, 3.8) is 0 Å². The van der Waals surface area contributed by atoms with Gasteiger partial charge in [-0.05, 0) is 43.0 Å². The standard InChI is InChI=1S/C24H27F4N5O5S/c25-22(26)23-5-6-32(13-14(23)10-23)18-9-15(31-39(37,38)8-7-34)1-2-17(18)21(36)29-19-3-4-20(35)33(30-19)16-11-24(27,28)12-16/h1-4,9,14,16,22,31,34H,5-8,10-13H2,(H,29,30,36)/t14-,23+/m1/s1. The van der Waals surface area contributed by atoms with Gasteiger partial charge in [-0.25, -0.2) is 30.7 Å². The number of sulfonamides is 1. The number of aliphatic hydroxyl groups is 1. The monoisotopic (exact) mass is 573 g/mol. The molecule has 2 atom stereocenters. The van der Waals surface area contributed by atoms with Gasteiger partial charge in [0.25, 0.3) is 17.4 Å². The van der Waals surface area contributed by atoms with E-state index in [9.17, 15) is 35.6 Å². The van der Waals surface area contributed by atoms with Crippen molar-refractivity contribution in [2.45, 2.75) is 44.1 Å². The van der Waals surface area contributed by atoms with Gasteiger partial charge in [-0.2, -0.15) is 5.10 Å². The lowest BCUT2D eigenvalue weighted by molar-refractivity contribution is -0.107.